The molecule has 0 bridgehead atoms. The summed E-state index contributed by atoms with van der Waals surface area (Å²) in [4.78, 5) is 26.9. The summed E-state index contributed by atoms with van der Waals surface area (Å²) in [6.45, 7) is 5.35. The standard InChI is InChI=1S/C28H32ClN5O2/c1-2-3-4-5-8-18-36-28(35)23(20-30)26-27(32-25-13-7-6-12-24(25)31-26)34-16-14-33(15-17-34)22-11-9-10-21(29)19-22/h6-7,9-13,19,23H,2-5,8,14-18H2,1H3/t23-/m0/s1. The second kappa shape index (κ2) is 12.5. The number of nitrogens with zero attached hydrogens (tertiary/aromatic N) is 5. The largest absolute Gasteiger partial charge is 0.464 e. The number of ether oxygens (including phenoxy) is 1. The topological polar surface area (TPSA) is 82.3 Å². The molecule has 1 fully saturated rings. The van der Waals surface area contributed by atoms with Gasteiger partial charge in [-0.3, -0.25) is 4.79 Å². The highest BCUT2D eigenvalue weighted by Crippen LogP contribution is 2.30. The fraction of sp³-hybridized carbons (Fsp3) is 0.429. The molecule has 1 saturated heterocycles. The van der Waals surface area contributed by atoms with Gasteiger partial charge in [-0.25, -0.2) is 9.97 Å². The molecule has 7 nitrogen and oxygen atoms in total. The van der Waals surface area contributed by atoms with Crippen LogP contribution in [0.25, 0.3) is 11.0 Å². The number of fused-ring (bicyclic) bond motifs is 1. The number of carbonyl (C=O) groups is 1. The monoisotopic (exact) mass is 505 g/mol. The first-order chi connectivity index (χ1) is 17.6. The van der Waals surface area contributed by atoms with Crippen molar-refractivity contribution in [3.05, 3.63) is 59.2 Å². The van der Waals surface area contributed by atoms with Gasteiger partial charge >= 0.3 is 5.97 Å². The van der Waals surface area contributed by atoms with Crippen LogP contribution in [-0.4, -0.2) is 48.7 Å². The Labute approximate surface area is 217 Å². The Balaban J connectivity index is 1.53. The number of piperazine rings is 1. The summed E-state index contributed by atoms with van der Waals surface area (Å²) in [5, 5.41) is 10.7. The predicted octanol–water partition coefficient (Wildman–Crippen LogP) is 5.73. The Morgan fingerprint density at radius 3 is 2.39 bits per heavy atom. The molecular weight excluding hydrogens is 474 g/mol. The molecular formula is C28H32ClN5O2. The van der Waals surface area contributed by atoms with Crippen LogP contribution in [0, 0.1) is 11.3 Å². The molecule has 0 amide bonds. The highest BCUT2D eigenvalue weighted by atomic mass is 35.5. The lowest BCUT2D eigenvalue weighted by Gasteiger charge is -2.37. The first-order valence-electron chi connectivity index (χ1n) is 12.7. The maximum atomic E-state index is 13.0. The third-order valence-electron chi connectivity index (χ3n) is 6.46. The van der Waals surface area contributed by atoms with Crippen LogP contribution in [0.1, 0.15) is 50.6 Å². The SMILES string of the molecule is CCCCCCCOC(=O)[C@@H](C#N)c1nc2ccccc2nc1N1CCN(c2cccc(Cl)c2)CC1. The number of para-hydroxylation sites is 2. The maximum Gasteiger partial charge on any atom is 0.329 e. The van der Waals surface area contributed by atoms with Gasteiger partial charge in [0.05, 0.1) is 23.7 Å². The van der Waals surface area contributed by atoms with Crippen LogP contribution in [0.5, 0.6) is 0 Å². The number of unbranched alkanes of at least 4 members (excludes halogenated alkanes) is 4. The molecule has 1 aliphatic heterocycles. The quantitative estimate of drug-likeness (QED) is 0.257. The van der Waals surface area contributed by atoms with Gasteiger partial charge in [-0.1, -0.05) is 62.4 Å². The number of benzene rings is 2. The second-order valence-electron chi connectivity index (χ2n) is 9.02. The Morgan fingerprint density at radius 2 is 1.69 bits per heavy atom. The van der Waals surface area contributed by atoms with E-state index in [9.17, 15) is 10.1 Å². The minimum Gasteiger partial charge on any atom is -0.464 e. The third kappa shape index (κ3) is 6.24. The van der Waals surface area contributed by atoms with E-state index >= 15 is 0 Å². The lowest BCUT2D eigenvalue weighted by Crippen LogP contribution is -2.47. The normalized spacial score (nSPS) is 14.5. The van der Waals surface area contributed by atoms with Gasteiger partial charge < -0.3 is 14.5 Å². The molecule has 36 heavy (non-hydrogen) atoms. The molecule has 8 heteroatoms. The number of hydrogen-bond acceptors (Lipinski definition) is 7. The number of aromatic nitrogens is 2. The Bertz CT molecular complexity index is 1220. The average Bonchev–Trinajstić information content (AvgIpc) is 2.91. The van der Waals surface area contributed by atoms with Crippen molar-refractivity contribution in [3.8, 4) is 6.07 Å². The summed E-state index contributed by atoms with van der Waals surface area (Å²) >= 11 is 6.18. The van der Waals surface area contributed by atoms with Crippen LogP contribution in [0.3, 0.4) is 0 Å². The molecule has 0 spiro atoms. The van der Waals surface area contributed by atoms with Gasteiger partial charge in [0, 0.05) is 36.9 Å². The Morgan fingerprint density at radius 1 is 1.00 bits per heavy atom. The van der Waals surface area contributed by atoms with E-state index in [0.29, 0.717) is 41.7 Å². The summed E-state index contributed by atoms with van der Waals surface area (Å²) < 4.78 is 5.50. The molecule has 0 unspecified atom stereocenters. The van der Waals surface area contributed by atoms with Gasteiger partial charge in [0.25, 0.3) is 0 Å². The summed E-state index contributed by atoms with van der Waals surface area (Å²) in [5.74, 6) is -1.11. The fourth-order valence-electron chi connectivity index (χ4n) is 4.47. The highest BCUT2D eigenvalue weighted by Gasteiger charge is 2.31. The predicted molar refractivity (Wildman–Crippen MR) is 143 cm³/mol. The minimum absolute atomic E-state index is 0.315. The first kappa shape index (κ1) is 25.7. The number of esters is 1. The number of nitriles is 1. The van der Waals surface area contributed by atoms with Crippen LogP contribution in [0.4, 0.5) is 11.5 Å². The van der Waals surface area contributed by atoms with E-state index in [4.69, 9.17) is 26.3 Å². The zero-order valence-corrected chi connectivity index (χ0v) is 21.5. The zero-order valence-electron chi connectivity index (χ0n) is 20.7. The molecule has 1 atom stereocenters. The van der Waals surface area contributed by atoms with Crippen molar-refractivity contribution in [2.45, 2.75) is 44.9 Å². The van der Waals surface area contributed by atoms with Gasteiger partial charge in [-0.05, 0) is 36.8 Å². The first-order valence-corrected chi connectivity index (χ1v) is 13.1. The molecule has 2 heterocycles. The van der Waals surface area contributed by atoms with Gasteiger partial charge in [0.15, 0.2) is 11.7 Å². The van der Waals surface area contributed by atoms with E-state index in [1.54, 1.807) is 0 Å². The van der Waals surface area contributed by atoms with Crippen molar-refractivity contribution >= 4 is 40.1 Å². The van der Waals surface area contributed by atoms with Crippen molar-refractivity contribution in [2.75, 3.05) is 42.6 Å². The van der Waals surface area contributed by atoms with Crippen LogP contribution in [0.2, 0.25) is 5.02 Å². The zero-order chi connectivity index (χ0) is 25.3. The van der Waals surface area contributed by atoms with Gasteiger partial charge in [0.2, 0.25) is 0 Å². The molecule has 188 valence electrons. The molecule has 0 aliphatic carbocycles. The van der Waals surface area contributed by atoms with Crippen molar-refractivity contribution in [3.63, 3.8) is 0 Å². The van der Waals surface area contributed by atoms with Crippen molar-refractivity contribution in [2.24, 2.45) is 0 Å². The van der Waals surface area contributed by atoms with Gasteiger partial charge in [-0.2, -0.15) is 5.26 Å². The van der Waals surface area contributed by atoms with Crippen LogP contribution >= 0.6 is 11.6 Å². The van der Waals surface area contributed by atoms with Crippen LogP contribution in [0.15, 0.2) is 48.5 Å². The van der Waals surface area contributed by atoms with E-state index in [2.05, 4.69) is 22.8 Å². The summed E-state index contributed by atoms with van der Waals surface area (Å²) in [6.07, 6.45) is 5.27. The van der Waals surface area contributed by atoms with Crippen molar-refractivity contribution in [1.29, 1.82) is 5.26 Å². The number of carbonyl (C=O) groups excluding carboxylic acids is 1. The molecule has 1 aliphatic rings. The fourth-order valence-corrected chi connectivity index (χ4v) is 4.65. The summed E-state index contributed by atoms with van der Waals surface area (Å²) in [7, 11) is 0. The van der Waals surface area contributed by atoms with E-state index in [1.807, 2.05) is 48.5 Å². The third-order valence-corrected chi connectivity index (χ3v) is 6.70. The number of halogens is 1. The number of hydrogen-bond donors (Lipinski definition) is 0. The molecule has 4 rings (SSSR count). The number of anilines is 2. The van der Waals surface area contributed by atoms with E-state index in [0.717, 1.165) is 50.0 Å². The molecule has 1 aromatic heterocycles. The van der Waals surface area contributed by atoms with E-state index < -0.39 is 11.9 Å². The van der Waals surface area contributed by atoms with Gasteiger partial charge in [0.1, 0.15) is 5.69 Å². The van der Waals surface area contributed by atoms with E-state index in [1.165, 1.54) is 6.42 Å². The Hall–Kier alpha value is -3.37. The molecule has 0 saturated carbocycles. The van der Waals surface area contributed by atoms with Gasteiger partial charge in [-0.15, -0.1) is 0 Å². The maximum absolute atomic E-state index is 13.0. The van der Waals surface area contributed by atoms with Crippen molar-refractivity contribution < 1.29 is 9.53 Å². The minimum atomic E-state index is -1.13. The Kier molecular flexibility index (Phi) is 8.96. The van der Waals surface area contributed by atoms with Crippen LogP contribution < -0.4 is 9.80 Å². The van der Waals surface area contributed by atoms with Crippen molar-refractivity contribution in [1.82, 2.24) is 9.97 Å². The van der Waals surface area contributed by atoms with Crippen LogP contribution in [-0.2, 0) is 9.53 Å². The average molecular weight is 506 g/mol. The smallest absolute Gasteiger partial charge is 0.329 e. The lowest BCUT2D eigenvalue weighted by molar-refractivity contribution is -0.144. The lowest BCUT2D eigenvalue weighted by atomic mass is 10.1. The molecule has 0 N–H and O–H groups in total. The number of rotatable bonds is 10. The summed E-state index contributed by atoms with van der Waals surface area (Å²) in [5.41, 5.74) is 2.82. The van der Waals surface area contributed by atoms with E-state index in [-0.39, 0.29) is 0 Å². The molecule has 2 aromatic carbocycles. The molecule has 3 aromatic rings. The highest BCUT2D eigenvalue weighted by molar-refractivity contribution is 6.30. The molecule has 0 radical (unpaired) electrons. The second-order valence-corrected chi connectivity index (χ2v) is 9.46. The summed E-state index contributed by atoms with van der Waals surface area (Å²) in [6, 6.07) is 17.5.